The van der Waals surface area contributed by atoms with Crippen LogP contribution in [0, 0.1) is 5.92 Å². The number of piperidine rings is 1. The lowest BCUT2D eigenvalue weighted by molar-refractivity contribution is 0.0650. The molecule has 18 heavy (non-hydrogen) atoms. The third kappa shape index (κ3) is 3.27. The van der Waals surface area contributed by atoms with Crippen LogP contribution >= 0.6 is 0 Å². The Morgan fingerprint density at radius 1 is 1.50 bits per heavy atom. The highest BCUT2D eigenvalue weighted by molar-refractivity contribution is 5.93. The van der Waals surface area contributed by atoms with Crippen LogP contribution in [0.15, 0.2) is 24.5 Å². The van der Waals surface area contributed by atoms with Gasteiger partial charge in [-0.2, -0.15) is 0 Å². The number of nitrogens with two attached hydrogens (primary N) is 1. The third-order valence-corrected chi connectivity index (χ3v) is 3.45. The average Bonchev–Trinajstić information content (AvgIpc) is 2.46. The minimum atomic E-state index is 0.0802. The van der Waals surface area contributed by atoms with Gasteiger partial charge in [-0.25, -0.2) is 5.90 Å². The molecule has 0 spiro atoms. The number of aromatic nitrogens is 1. The zero-order chi connectivity index (χ0) is 12.8. The first-order valence-electron chi connectivity index (χ1n) is 6.32. The van der Waals surface area contributed by atoms with Crippen LogP contribution in [0.3, 0.4) is 0 Å². The van der Waals surface area contributed by atoms with Gasteiger partial charge in [-0.1, -0.05) is 0 Å². The highest BCUT2D eigenvalue weighted by Gasteiger charge is 2.23. The monoisotopic (exact) mass is 249 g/mol. The van der Waals surface area contributed by atoms with Gasteiger partial charge in [-0.15, -0.1) is 0 Å². The maximum Gasteiger partial charge on any atom is 0.255 e. The second-order valence-electron chi connectivity index (χ2n) is 4.64. The van der Waals surface area contributed by atoms with Crippen molar-refractivity contribution in [2.24, 2.45) is 11.8 Å². The number of hydrogen-bond donors (Lipinski definition) is 1. The number of nitrogens with zero attached hydrogens (tertiary/aromatic N) is 2. The predicted molar refractivity (Wildman–Crippen MR) is 67.6 cm³/mol. The molecule has 1 aromatic rings. The van der Waals surface area contributed by atoms with Crippen molar-refractivity contribution in [2.75, 3.05) is 19.7 Å². The number of likely N-dealkylation sites (tertiary alicyclic amines) is 1. The van der Waals surface area contributed by atoms with E-state index in [9.17, 15) is 4.79 Å². The molecular formula is C13H19N3O2. The van der Waals surface area contributed by atoms with Crippen molar-refractivity contribution in [3.63, 3.8) is 0 Å². The molecule has 1 saturated heterocycles. The van der Waals surface area contributed by atoms with Gasteiger partial charge in [0.15, 0.2) is 0 Å². The molecule has 1 fully saturated rings. The fraction of sp³-hybridized carbons (Fsp3) is 0.538. The lowest BCUT2D eigenvalue weighted by Crippen LogP contribution is -2.38. The lowest BCUT2D eigenvalue weighted by atomic mass is 9.93. The number of rotatable bonds is 4. The molecule has 1 aliphatic rings. The van der Waals surface area contributed by atoms with Crippen molar-refractivity contribution in [3.8, 4) is 0 Å². The maximum absolute atomic E-state index is 12.2. The number of pyridine rings is 1. The van der Waals surface area contributed by atoms with Crippen LogP contribution in [0.5, 0.6) is 0 Å². The summed E-state index contributed by atoms with van der Waals surface area (Å²) in [5, 5.41) is 0. The predicted octanol–water partition coefficient (Wildman–Crippen LogP) is 1.21. The molecule has 0 atom stereocenters. The Hall–Kier alpha value is -1.46. The Morgan fingerprint density at radius 3 is 2.89 bits per heavy atom. The molecule has 2 heterocycles. The zero-order valence-electron chi connectivity index (χ0n) is 10.4. The fourth-order valence-corrected chi connectivity index (χ4v) is 2.33. The molecule has 0 unspecified atom stereocenters. The van der Waals surface area contributed by atoms with Crippen LogP contribution in [-0.4, -0.2) is 35.5 Å². The molecule has 0 bridgehead atoms. The quantitative estimate of drug-likeness (QED) is 0.814. The molecule has 5 nitrogen and oxygen atoms in total. The van der Waals surface area contributed by atoms with Crippen molar-refractivity contribution in [3.05, 3.63) is 30.1 Å². The standard InChI is InChI=1S/C13H19N3O2/c14-18-9-5-11-3-7-16(8-4-11)13(17)12-2-1-6-15-10-12/h1-2,6,10-11H,3-5,7-9,14H2. The molecule has 98 valence electrons. The number of carbonyl (C=O) groups excluding carboxylic acids is 1. The van der Waals surface area contributed by atoms with E-state index in [1.165, 1.54) is 0 Å². The van der Waals surface area contributed by atoms with Gasteiger partial charge in [0, 0.05) is 25.5 Å². The van der Waals surface area contributed by atoms with E-state index in [1.54, 1.807) is 18.5 Å². The van der Waals surface area contributed by atoms with Gasteiger partial charge in [0.25, 0.3) is 5.91 Å². The van der Waals surface area contributed by atoms with E-state index in [2.05, 4.69) is 9.82 Å². The molecule has 5 heteroatoms. The Kier molecular flexibility index (Phi) is 4.66. The first kappa shape index (κ1) is 13.0. The summed E-state index contributed by atoms with van der Waals surface area (Å²) in [6.07, 6.45) is 6.32. The summed E-state index contributed by atoms with van der Waals surface area (Å²) in [6.45, 7) is 2.22. The summed E-state index contributed by atoms with van der Waals surface area (Å²) in [6, 6.07) is 3.60. The summed E-state index contributed by atoms with van der Waals surface area (Å²) in [7, 11) is 0. The van der Waals surface area contributed by atoms with Crippen LogP contribution in [0.4, 0.5) is 0 Å². The lowest BCUT2D eigenvalue weighted by Gasteiger charge is -2.31. The topological polar surface area (TPSA) is 68.5 Å². The molecule has 0 radical (unpaired) electrons. The van der Waals surface area contributed by atoms with Crippen LogP contribution in [0.25, 0.3) is 0 Å². The fourth-order valence-electron chi connectivity index (χ4n) is 2.33. The maximum atomic E-state index is 12.2. The summed E-state index contributed by atoms with van der Waals surface area (Å²) in [4.78, 5) is 22.6. The van der Waals surface area contributed by atoms with Gasteiger partial charge in [0.2, 0.25) is 0 Å². The van der Waals surface area contributed by atoms with Crippen LogP contribution in [-0.2, 0) is 4.84 Å². The van der Waals surface area contributed by atoms with E-state index in [0.717, 1.165) is 32.4 Å². The Morgan fingerprint density at radius 2 is 2.28 bits per heavy atom. The largest absolute Gasteiger partial charge is 0.339 e. The second kappa shape index (κ2) is 6.47. The highest BCUT2D eigenvalue weighted by Crippen LogP contribution is 2.21. The van der Waals surface area contributed by atoms with Crippen LogP contribution < -0.4 is 5.90 Å². The van der Waals surface area contributed by atoms with Gasteiger partial charge in [0.05, 0.1) is 12.2 Å². The van der Waals surface area contributed by atoms with E-state index in [4.69, 9.17) is 5.90 Å². The molecule has 0 aliphatic carbocycles. The minimum Gasteiger partial charge on any atom is -0.339 e. The Labute approximate surface area is 107 Å². The van der Waals surface area contributed by atoms with E-state index < -0.39 is 0 Å². The van der Waals surface area contributed by atoms with E-state index in [1.807, 2.05) is 11.0 Å². The minimum absolute atomic E-state index is 0.0802. The van der Waals surface area contributed by atoms with Crippen molar-refractivity contribution in [1.29, 1.82) is 0 Å². The summed E-state index contributed by atoms with van der Waals surface area (Å²) in [5.41, 5.74) is 0.668. The molecule has 0 aromatic carbocycles. The first-order chi connectivity index (χ1) is 8.81. The van der Waals surface area contributed by atoms with Gasteiger partial charge in [0.1, 0.15) is 0 Å². The summed E-state index contributed by atoms with van der Waals surface area (Å²) >= 11 is 0. The number of hydrogen-bond acceptors (Lipinski definition) is 4. The molecular weight excluding hydrogens is 230 g/mol. The van der Waals surface area contributed by atoms with Gasteiger partial charge >= 0.3 is 0 Å². The first-order valence-corrected chi connectivity index (χ1v) is 6.32. The van der Waals surface area contributed by atoms with Gasteiger partial charge in [-0.3, -0.25) is 9.78 Å². The molecule has 1 aromatic heterocycles. The van der Waals surface area contributed by atoms with E-state index in [0.29, 0.717) is 18.1 Å². The van der Waals surface area contributed by atoms with Crippen molar-refractivity contribution in [2.45, 2.75) is 19.3 Å². The highest BCUT2D eigenvalue weighted by atomic mass is 16.6. The Balaban J connectivity index is 1.84. The molecule has 1 amide bonds. The molecule has 0 saturated carbocycles. The average molecular weight is 249 g/mol. The molecule has 2 rings (SSSR count). The van der Waals surface area contributed by atoms with Crippen molar-refractivity contribution < 1.29 is 9.63 Å². The van der Waals surface area contributed by atoms with Gasteiger partial charge in [-0.05, 0) is 37.3 Å². The van der Waals surface area contributed by atoms with Crippen LogP contribution in [0.2, 0.25) is 0 Å². The number of carbonyl (C=O) groups is 1. The second-order valence-corrected chi connectivity index (χ2v) is 4.64. The van der Waals surface area contributed by atoms with Crippen molar-refractivity contribution in [1.82, 2.24) is 9.88 Å². The molecule has 2 N–H and O–H groups in total. The van der Waals surface area contributed by atoms with Crippen molar-refractivity contribution >= 4 is 5.91 Å². The van der Waals surface area contributed by atoms with E-state index in [-0.39, 0.29) is 5.91 Å². The van der Waals surface area contributed by atoms with Crippen LogP contribution in [0.1, 0.15) is 29.6 Å². The Bertz CT molecular complexity index is 375. The smallest absolute Gasteiger partial charge is 0.255 e. The third-order valence-electron chi connectivity index (χ3n) is 3.45. The SMILES string of the molecule is NOCCC1CCN(C(=O)c2cccnc2)CC1. The normalized spacial score (nSPS) is 16.8. The number of amides is 1. The summed E-state index contributed by atoms with van der Waals surface area (Å²) in [5.74, 6) is 5.72. The zero-order valence-corrected chi connectivity index (χ0v) is 10.4. The summed E-state index contributed by atoms with van der Waals surface area (Å²) < 4.78 is 0. The van der Waals surface area contributed by atoms with Gasteiger partial charge < -0.3 is 9.74 Å². The van der Waals surface area contributed by atoms with E-state index >= 15 is 0 Å². The molecule has 1 aliphatic heterocycles.